The fourth-order valence-electron chi connectivity index (χ4n) is 9.95. The van der Waals surface area contributed by atoms with Crippen LogP contribution in [0.4, 0.5) is 11.4 Å². The monoisotopic (exact) mass is 791 g/mol. The van der Waals surface area contributed by atoms with Gasteiger partial charge in [0.15, 0.2) is 0 Å². The highest BCUT2D eigenvalue weighted by atomic mass is 16.5. The van der Waals surface area contributed by atoms with Gasteiger partial charge in [-0.1, -0.05) is 194 Å². The zero-order valence-corrected chi connectivity index (χ0v) is 34.0. The van der Waals surface area contributed by atoms with E-state index < -0.39 is 0 Å². The molecule has 0 saturated carbocycles. The normalized spacial score (nSPS) is 15.3. The van der Waals surface area contributed by atoms with Crippen LogP contribution in [0, 0.1) is 0 Å². The third-order valence-electron chi connectivity index (χ3n) is 12.8. The van der Waals surface area contributed by atoms with Crippen molar-refractivity contribution in [3.63, 3.8) is 0 Å². The number of fused-ring (bicyclic) bond motifs is 8. The predicted molar refractivity (Wildman–Crippen MR) is 260 cm³/mol. The summed E-state index contributed by atoms with van der Waals surface area (Å²) in [6.07, 6.45) is 6.66. The second kappa shape index (κ2) is 15.0. The van der Waals surface area contributed by atoms with E-state index >= 15 is 0 Å². The maximum Gasteiger partial charge on any atom is 0.138 e. The molecule has 2 aliphatic rings. The fraction of sp³-hybridized carbons (Fsp3) is 0.0333. The van der Waals surface area contributed by atoms with Crippen LogP contribution in [0.25, 0.3) is 76.8 Å². The first-order valence-corrected chi connectivity index (χ1v) is 21.5. The molecule has 1 heterocycles. The van der Waals surface area contributed by atoms with Crippen LogP contribution in [0.1, 0.15) is 11.5 Å². The van der Waals surface area contributed by atoms with E-state index in [9.17, 15) is 0 Å². The summed E-state index contributed by atoms with van der Waals surface area (Å²) in [6.45, 7) is 0. The van der Waals surface area contributed by atoms with Crippen LogP contribution >= 0.6 is 0 Å². The number of allylic oxidation sites excluding steroid dienone is 2. The fourth-order valence-corrected chi connectivity index (χ4v) is 9.95. The van der Waals surface area contributed by atoms with Crippen molar-refractivity contribution >= 4 is 43.7 Å². The molecule has 10 aromatic carbocycles. The minimum atomic E-state index is -0.0505. The number of hydrogen-bond donors (Lipinski definition) is 0. The smallest absolute Gasteiger partial charge is 0.138 e. The average Bonchev–Trinajstić information content (AvgIpc) is 3.75. The van der Waals surface area contributed by atoms with Gasteiger partial charge in [-0.05, 0) is 114 Å². The quantitative estimate of drug-likeness (QED) is 0.149. The molecule has 0 fully saturated rings. The molecule has 1 aliphatic heterocycles. The minimum absolute atomic E-state index is 0.00579. The van der Waals surface area contributed by atoms with Crippen molar-refractivity contribution in [2.75, 3.05) is 4.90 Å². The van der Waals surface area contributed by atoms with Crippen molar-refractivity contribution in [3.8, 4) is 50.3 Å². The summed E-state index contributed by atoms with van der Waals surface area (Å²) in [5.74, 6) is 1.95. The van der Waals surface area contributed by atoms with Gasteiger partial charge in [-0.3, -0.25) is 0 Å². The number of hydrogen-bond acceptors (Lipinski definition) is 2. The van der Waals surface area contributed by atoms with Crippen molar-refractivity contribution < 1.29 is 4.74 Å². The zero-order valence-electron chi connectivity index (χ0n) is 34.0. The maximum atomic E-state index is 6.80. The van der Waals surface area contributed by atoms with Gasteiger partial charge in [0.25, 0.3) is 0 Å². The lowest BCUT2D eigenvalue weighted by Gasteiger charge is -2.37. The molecule has 2 nitrogen and oxygen atoms in total. The Labute approximate surface area is 361 Å². The van der Waals surface area contributed by atoms with Gasteiger partial charge in [-0.25, -0.2) is 0 Å². The lowest BCUT2D eigenvalue weighted by Crippen LogP contribution is -2.36. The van der Waals surface area contributed by atoms with Crippen molar-refractivity contribution in [1.29, 1.82) is 0 Å². The molecule has 0 amide bonds. The van der Waals surface area contributed by atoms with Crippen LogP contribution in [0.2, 0.25) is 0 Å². The van der Waals surface area contributed by atoms with Crippen LogP contribution in [0.5, 0.6) is 5.75 Å². The van der Waals surface area contributed by atoms with Gasteiger partial charge in [0.2, 0.25) is 0 Å². The molecule has 12 rings (SSSR count). The third kappa shape index (κ3) is 6.11. The summed E-state index contributed by atoms with van der Waals surface area (Å²) < 4.78 is 6.80. The van der Waals surface area contributed by atoms with Gasteiger partial charge in [-0.2, -0.15) is 0 Å². The summed E-state index contributed by atoms with van der Waals surface area (Å²) in [7, 11) is 0. The van der Waals surface area contributed by atoms with Gasteiger partial charge in [0, 0.05) is 22.3 Å². The summed E-state index contributed by atoms with van der Waals surface area (Å²) in [5.41, 5.74) is 13.1. The Kier molecular flexibility index (Phi) is 8.67. The molecule has 2 unspecified atom stereocenters. The van der Waals surface area contributed by atoms with Crippen molar-refractivity contribution in [3.05, 3.63) is 248 Å². The topological polar surface area (TPSA) is 12.5 Å². The summed E-state index contributed by atoms with van der Waals surface area (Å²) >= 11 is 0. The molecule has 0 N–H and O–H groups in total. The van der Waals surface area contributed by atoms with Gasteiger partial charge < -0.3 is 9.64 Å². The number of anilines is 2. The Hall–Kier alpha value is -7.94. The van der Waals surface area contributed by atoms with E-state index in [2.05, 4.69) is 242 Å². The van der Waals surface area contributed by atoms with E-state index in [0.29, 0.717) is 0 Å². The average molecular weight is 792 g/mol. The molecule has 292 valence electrons. The van der Waals surface area contributed by atoms with Crippen LogP contribution < -0.4 is 9.64 Å². The molecule has 1 aliphatic carbocycles. The SMILES string of the molecule is C1=CC(N(c2ccc(-c3ccccc3-c3ccccc3)cc2)c2cccc(-c3cccc(-c4cc5ccccc5c5ccccc45)c3)c2)C2C(=C1)Oc1c2ccc2ccccc12. The Morgan fingerprint density at radius 1 is 0.371 bits per heavy atom. The molecular weight excluding hydrogens is 751 g/mol. The molecular formula is C60H41NO. The molecule has 0 radical (unpaired) electrons. The second-order valence-corrected chi connectivity index (χ2v) is 16.4. The summed E-state index contributed by atoms with van der Waals surface area (Å²) in [6, 6.07) is 79.4. The first-order valence-electron chi connectivity index (χ1n) is 21.5. The Bertz CT molecular complexity index is 3400. The molecule has 10 aromatic rings. The summed E-state index contributed by atoms with van der Waals surface area (Å²) in [5, 5.41) is 7.40. The van der Waals surface area contributed by atoms with Crippen LogP contribution in [-0.2, 0) is 0 Å². The highest BCUT2D eigenvalue weighted by Crippen LogP contribution is 2.51. The van der Waals surface area contributed by atoms with E-state index in [1.54, 1.807) is 0 Å². The first kappa shape index (κ1) is 36.0. The molecule has 0 bridgehead atoms. The number of benzene rings is 10. The Morgan fingerprint density at radius 2 is 0.984 bits per heavy atom. The van der Waals surface area contributed by atoms with Crippen molar-refractivity contribution in [2.24, 2.45) is 0 Å². The highest BCUT2D eigenvalue weighted by molar-refractivity contribution is 6.14. The zero-order chi connectivity index (χ0) is 41.0. The Morgan fingerprint density at radius 3 is 1.79 bits per heavy atom. The van der Waals surface area contributed by atoms with E-state index in [0.717, 1.165) is 33.8 Å². The molecule has 0 saturated heterocycles. The number of ether oxygens (including phenoxy) is 1. The molecule has 2 atom stereocenters. The minimum Gasteiger partial charge on any atom is -0.460 e. The largest absolute Gasteiger partial charge is 0.460 e. The van der Waals surface area contributed by atoms with E-state index in [-0.39, 0.29) is 12.0 Å². The third-order valence-corrected chi connectivity index (χ3v) is 12.8. The predicted octanol–water partition coefficient (Wildman–Crippen LogP) is 16.0. The maximum absolute atomic E-state index is 6.80. The highest BCUT2D eigenvalue weighted by Gasteiger charge is 2.40. The van der Waals surface area contributed by atoms with Crippen LogP contribution in [-0.4, -0.2) is 6.04 Å². The molecule has 62 heavy (non-hydrogen) atoms. The van der Waals surface area contributed by atoms with E-state index in [1.165, 1.54) is 71.4 Å². The number of rotatable bonds is 7. The van der Waals surface area contributed by atoms with Gasteiger partial charge in [0.05, 0.1) is 12.0 Å². The van der Waals surface area contributed by atoms with Gasteiger partial charge in [0.1, 0.15) is 11.5 Å². The van der Waals surface area contributed by atoms with E-state index in [1.807, 2.05) is 0 Å². The molecule has 0 spiro atoms. The number of nitrogens with zero attached hydrogens (tertiary/aromatic N) is 1. The molecule has 0 aromatic heterocycles. The standard InChI is InChI=1S/C60H41NO/c1-2-15-40(16-3-1)49-23-8-9-24-50(49)42-31-34-47(35-32-42)61(57-29-14-30-58-59(57)55-36-33-41-17-4-7-26-52(41)60(55)62-58)48-22-13-20-44(38-48)43-19-12-21-45(37-43)56-39-46-18-5-6-25-51(46)53-27-10-11-28-54(53)56/h1-39,57,59H. The van der Waals surface area contributed by atoms with Crippen LogP contribution in [0.15, 0.2) is 242 Å². The van der Waals surface area contributed by atoms with Crippen molar-refractivity contribution in [2.45, 2.75) is 12.0 Å². The van der Waals surface area contributed by atoms with Crippen molar-refractivity contribution in [1.82, 2.24) is 0 Å². The summed E-state index contributed by atoms with van der Waals surface area (Å²) in [4.78, 5) is 2.51. The Balaban J connectivity index is 0.983. The first-order chi connectivity index (χ1) is 30.7. The second-order valence-electron chi connectivity index (χ2n) is 16.4. The molecule has 2 heteroatoms. The van der Waals surface area contributed by atoms with E-state index in [4.69, 9.17) is 4.74 Å². The van der Waals surface area contributed by atoms with Gasteiger partial charge in [-0.15, -0.1) is 0 Å². The van der Waals surface area contributed by atoms with Gasteiger partial charge >= 0.3 is 0 Å². The lowest BCUT2D eigenvalue weighted by atomic mass is 9.85. The van der Waals surface area contributed by atoms with Crippen LogP contribution in [0.3, 0.4) is 0 Å². The lowest BCUT2D eigenvalue weighted by molar-refractivity contribution is 0.419.